The Labute approximate surface area is 123 Å². The molecule has 0 saturated carbocycles. The highest BCUT2D eigenvalue weighted by Gasteiger charge is 2.25. The van der Waals surface area contributed by atoms with Gasteiger partial charge in [-0.3, -0.25) is 9.59 Å². The standard InChI is InChI=1S/C16H19NO4/c1-21-14-5-3-2-4-12(14)6-7-15(18)17-10-8-13(9-11-17)16(19)20/h2-7,13H,8-11H2,1H3,(H,19,20)/b7-6+. The summed E-state index contributed by atoms with van der Waals surface area (Å²) in [7, 11) is 1.59. The molecule has 0 bridgehead atoms. The number of carboxylic acid groups (broad SMARTS) is 1. The quantitative estimate of drug-likeness (QED) is 0.861. The molecule has 1 heterocycles. The molecule has 0 radical (unpaired) electrons. The van der Waals surface area contributed by atoms with Gasteiger partial charge in [-0.25, -0.2) is 0 Å². The van der Waals surface area contributed by atoms with Gasteiger partial charge >= 0.3 is 5.97 Å². The first-order chi connectivity index (χ1) is 10.1. The molecule has 5 nitrogen and oxygen atoms in total. The lowest BCUT2D eigenvalue weighted by molar-refractivity contribution is -0.144. The van der Waals surface area contributed by atoms with E-state index in [0.717, 1.165) is 5.56 Å². The van der Waals surface area contributed by atoms with Crippen LogP contribution in [-0.2, 0) is 9.59 Å². The van der Waals surface area contributed by atoms with Gasteiger partial charge < -0.3 is 14.7 Å². The molecule has 1 amide bonds. The van der Waals surface area contributed by atoms with Crippen LogP contribution >= 0.6 is 0 Å². The van der Waals surface area contributed by atoms with E-state index in [1.54, 1.807) is 18.1 Å². The summed E-state index contributed by atoms with van der Waals surface area (Å²) in [5.41, 5.74) is 0.841. The van der Waals surface area contributed by atoms with Crippen molar-refractivity contribution < 1.29 is 19.4 Å². The average molecular weight is 289 g/mol. The Kier molecular flexibility index (Phi) is 4.98. The van der Waals surface area contributed by atoms with Crippen molar-refractivity contribution in [2.24, 2.45) is 5.92 Å². The van der Waals surface area contributed by atoms with Gasteiger partial charge in [0.15, 0.2) is 0 Å². The first-order valence-electron chi connectivity index (χ1n) is 6.94. The minimum atomic E-state index is -0.772. The molecular formula is C16H19NO4. The predicted octanol–water partition coefficient (Wildman–Crippen LogP) is 2.03. The van der Waals surface area contributed by atoms with Crippen molar-refractivity contribution in [1.29, 1.82) is 0 Å². The van der Waals surface area contributed by atoms with Gasteiger partial charge in [0.2, 0.25) is 5.91 Å². The summed E-state index contributed by atoms with van der Waals surface area (Å²) in [5.74, 6) is -0.477. The van der Waals surface area contributed by atoms with Crippen LogP contribution in [0.3, 0.4) is 0 Å². The molecule has 1 aromatic rings. The van der Waals surface area contributed by atoms with Gasteiger partial charge in [-0.1, -0.05) is 18.2 Å². The highest BCUT2D eigenvalue weighted by atomic mass is 16.5. The van der Waals surface area contributed by atoms with Gasteiger partial charge in [-0.05, 0) is 25.0 Å². The van der Waals surface area contributed by atoms with Crippen molar-refractivity contribution in [2.45, 2.75) is 12.8 Å². The van der Waals surface area contributed by atoms with Crippen LogP contribution in [0.2, 0.25) is 0 Å². The zero-order valence-corrected chi connectivity index (χ0v) is 12.0. The second-order valence-electron chi connectivity index (χ2n) is 5.01. The maximum absolute atomic E-state index is 12.1. The molecule has 0 unspecified atom stereocenters. The number of piperidine rings is 1. The van der Waals surface area contributed by atoms with Gasteiger partial charge in [0.25, 0.3) is 0 Å². The van der Waals surface area contributed by atoms with Gasteiger partial charge in [0, 0.05) is 24.7 Å². The number of benzene rings is 1. The Morgan fingerprint density at radius 1 is 1.29 bits per heavy atom. The van der Waals surface area contributed by atoms with E-state index in [1.807, 2.05) is 24.3 Å². The highest BCUT2D eigenvalue weighted by Crippen LogP contribution is 2.20. The van der Waals surface area contributed by atoms with E-state index in [9.17, 15) is 9.59 Å². The molecular weight excluding hydrogens is 270 g/mol. The van der Waals surface area contributed by atoms with Crippen LogP contribution in [0, 0.1) is 5.92 Å². The summed E-state index contributed by atoms with van der Waals surface area (Å²) >= 11 is 0. The van der Waals surface area contributed by atoms with Crippen LogP contribution in [-0.4, -0.2) is 42.1 Å². The topological polar surface area (TPSA) is 66.8 Å². The Hall–Kier alpha value is -2.30. The molecule has 112 valence electrons. The number of hydrogen-bond donors (Lipinski definition) is 1. The molecule has 2 rings (SSSR count). The lowest BCUT2D eigenvalue weighted by atomic mass is 9.97. The fraction of sp³-hybridized carbons (Fsp3) is 0.375. The van der Waals surface area contributed by atoms with Gasteiger partial charge in [0.1, 0.15) is 5.75 Å². The fourth-order valence-electron chi connectivity index (χ4n) is 2.42. The van der Waals surface area contributed by atoms with Crippen molar-refractivity contribution in [3.05, 3.63) is 35.9 Å². The third-order valence-corrected chi connectivity index (χ3v) is 3.70. The molecule has 1 fully saturated rings. The molecule has 0 atom stereocenters. The lowest BCUT2D eigenvalue weighted by Gasteiger charge is -2.29. The lowest BCUT2D eigenvalue weighted by Crippen LogP contribution is -2.39. The van der Waals surface area contributed by atoms with Crippen molar-refractivity contribution in [2.75, 3.05) is 20.2 Å². The van der Waals surface area contributed by atoms with E-state index in [4.69, 9.17) is 9.84 Å². The summed E-state index contributed by atoms with van der Waals surface area (Å²) in [6.07, 6.45) is 4.27. The number of carbonyl (C=O) groups excluding carboxylic acids is 1. The number of nitrogens with zero attached hydrogens (tertiary/aromatic N) is 1. The maximum atomic E-state index is 12.1. The number of para-hydroxylation sites is 1. The Balaban J connectivity index is 1.96. The number of carboxylic acids is 1. The van der Waals surface area contributed by atoms with Gasteiger partial charge in [-0.2, -0.15) is 0 Å². The summed E-state index contributed by atoms with van der Waals surface area (Å²) in [6, 6.07) is 7.46. The Morgan fingerprint density at radius 3 is 2.57 bits per heavy atom. The molecule has 21 heavy (non-hydrogen) atoms. The molecule has 1 aliphatic heterocycles. The molecule has 1 aliphatic rings. The summed E-state index contributed by atoms with van der Waals surface area (Å²) < 4.78 is 5.22. The number of carbonyl (C=O) groups is 2. The minimum absolute atomic E-state index is 0.0928. The van der Waals surface area contributed by atoms with E-state index >= 15 is 0 Å². The van der Waals surface area contributed by atoms with E-state index in [0.29, 0.717) is 31.7 Å². The number of amides is 1. The van der Waals surface area contributed by atoms with Crippen molar-refractivity contribution in [1.82, 2.24) is 4.90 Å². The average Bonchev–Trinajstić information content (AvgIpc) is 2.52. The van der Waals surface area contributed by atoms with E-state index < -0.39 is 5.97 Å². The third kappa shape index (κ3) is 3.84. The third-order valence-electron chi connectivity index (χ3n) is 3.70. The molecule has 5 heteroatoms. The van der Waals surface area contributed by atoms with Crippen LogP contribution < -0.4 is 4.74 Å². The van der Waals surface area contributed by atoms with E-state index in [1.165, 1.54) is 6.08 Å². The SMILES string of the molecule is COc1ccccc1/C=C/C(=O)N1CCC(C(=O)O)CC1. The minimum Gasteiger partial charge on any atom is -0.496 e. The molecule has 0 aromatic heterocycles. The smallest absolute Gasteiger partial charge is 0.306 e. The number of rotatable bonds is 4. The molecule has 0 aliphatic carbocycles. The second-order valence-corrected chi connectivity index (χ2v) is 5.01. The largest absolute Gasteiger partial charge is 0.496 e. The Morgan fingerprint density at radius 2 is 1.95 bits per heavy atom. The van der Waals surface area contributed by atoms with Gasteiger partial charge in [0.05, 0.1) is 13.0 Å². The normalized spacial score (nSPS) is 16.1. The fourth-order valence-corrected chi connectivity index (χ4v) is 2.42. The summed E-state index contributed by atoms with van der Waals surface area (Å²) in [5, 5.41) is 8.94. The maximum Gasteiger partial charge on any atom is 0.306 e. The number of hydrogen-bond acceptors (Lipinski definition) is 3. The van der Waals surface area contributed by atoms with Crippen LogP contribution in [0.25, 0.3) is 6.08 Å². The monoisotopic (exact) mass is 289 g/mol. The van der Waals surface area contributed by atoms with Crippen molar-refractivity contribution >= 4 is 18.0 Å². The zero-order valence-electron chi connectivity index (χ0n) is 12.0. The predicted molar refractivity (Wildman–Crippen MR) is 79.0 cm³/mol. The van der Waals surface area contributed by atoms with Crippen LogP contribution in [0.4, 0.5) is 0 Å². The van der Waals surface area contributed by atoms with Crippen LogP contribution in [0.1, 0.15) is 18.4 Å². The zero-order chi connectivity index (χ0) is 15.2. The first kappa shape index (κ1) is 15.1. The Bertz CT molecular complexity index is 545. The van der Waals surface area contributed by atoms with E-state index in [2.05, 4.69) is 0 Å². The highest BCUT2D eigenvalue weighted by molar-refractivity contribution is 5.92. The number of likely N-dealkylation sites (tertiary alicyclic amines) is 1. The van der Waals surface area contributed by atoms with Gasteiger partial charge in [-0.15, -0.1) is 0 Å². The number of ether oxygens (including phenoxy) is 1. The summed E-state index contributed by atoms with van der Waals surface area (Å²) in [4.78, 5) is 24.7. The first-order valence-corrected chi connectivity index (χ1v) is 6.94. The molecule has 1 N–H and O–H groups in total. The van der Waals surface area contributed by atoms with Crippen LogP contribution in [0.15, 0.2) is 30.3 Å². The summed E-state index contributed by atoms with van der Waals surface area (Å²) in [6.45, 7) is 0.984. The van der Waals surface area contributed by atoms with Crippen LogP contribution in [0.5, 0.6) is 5.75 Å². The van der Waals surface area contributed by atoms with Crippen molar-refractivity contribution in [3.63, 3.8) is 0 Å². The molecule has 1 aromatic carbocycles. The molecule has 0 spiro atoms. The van der Waals surface area contributed by atoms with E-state index in [-0.39, 0.29) is 11.8 Å². The number of methoxy groups -OCH3 is 1. The van der Waals surface area contributed by atoms with Crippen molar-refractivity contribution in [3.8, 4) is 5.75 Å². The number of aliphatic carboxylic acids is 1. The molecule has 1 saturated heterocycles. The second kappa shape index (κ2) is 6.92.